The van der Waals surface area contributed by atoms with Crippen LogP contribution in [0.3, 0.4) is 0 Å². The molecule has 0 aliphatic heterocycles. The van der Waals surface area contributed by atoms with Crippen molar-refractivity contribution in [3.63, 3.8) is 0 Å². The maximum atomic E-state index is 11.6. The zero-order chi connectivity index (χ0) is 13.7. The van der Waals surface area contributed by atoms with E-state index < -0.39 is 0 Å². The maximum absolute atomic E-state index is 11.6. The van der Waals surface area contributed by atoms with Crippen molar-refractivity contribution in [3.05, 3.63) is 16.7 Å². The Morgan fingerprint density at radius 3 is 2.89 bits per heavy atom. The molecular weight excluding hydrogens is 252 g/mol. The lowest BCUT2D eigenvalue weighted by Crippen LogP contribution is -2.35. The second-order valence-corrected chi connectivity index (χ2v) is 4.40. The fourth-order valence-electron chi connectivity index (χ4n) is 1.57. The predicted molar refractivity (Wildman–Crippen MR) is 75.2 cm³/mol. The van der Waals surface area contributed by atoms with E-state index in [0.717, 1.165) is 0 Å². The molecule has 0 aliphatic rings. The molecule has 0 saturated carbocycles. The smallest absolute Gasteiger partial charge is 0.295 e. The lowest BCUT2D eigenvalue weighted by atomic mass is 10.1. The van der Waals surface area contributed by atoms with Gasteiger partial charge in [-0.05, 0) is 6.92 Å². The molecule has 100 valence electrons. The van der Waals surface area contributed by atoms with Gasteiger partial charge in [-0.2, -0.15) is 0 Å². The average Bonchev–Trinajstić information content (AvgIpc) is 2.35. The molecule has 1 unspecified atom stereocenters. The minimum Gasteiger partial charge on any atom is -0.489 e. The fraction of sp³-hybridized carbons (Fsp3) is 0.545. The van der Waals surface area contributed by atoms with Crippen LogP contribution >= 0.6 is 12.2 Å². The average molecular weight is 270 g/mol. The molecule has 1 aromatic rings. The van der Waals surface area contributed by atoms with E-state index in [9.17, 15) is 4.79 Å². The first-order chi connectivity index (χ1) is 8.51. The van der Waals surface area contributed by atoms with Crippen LogP contribution in [0.5, 0.6) is 5.75 Å². The monoisotopic (exact) mass is 270 g/mol. The Hall–Kier alpha value is -1.63. The van der Waals surface area contributed by atoms with Crippen molar-refractivity contribution in [2.75, 3.05) is 25.1 Å². The second-order valence-electron chi connectivity index (χ2n) is 3.93. The number of ether oxygens (including phenoxy) is 1. The molecule has 3 N–H and O–H groups in total. The van der Waals surface area contributed by atoms with E-state index in [2.05, 4.69) is 9.97 Å². The maximum Gasteiger partial charge on any atom is 0.295 e. The van der Waals surface area contributed by atoms with Gasteiger partial charge in [0, 0.05) is 19.0 Å². The Labute approximate surface area is 111 Å². The fourth-order valence-corrected chi connectivity index (χ4v) is 1.65. The number of H-pyrrole nitrogens is 1. The van der Waals surface area contributed by atoms with Gasteiger partial charge >= 0.3 is 0 Å². The van der Waals surface area contributed by atoms with Gasteiger partial charge in [-0.25, -0.2) is 4.98 Å². The summed E-state index contributed by atoms with van der Waals surface area (Å²) in [6, 6.07) is 0. The summed E-state index contributed by atoms with van der Waals surface area (Å²) in [4.78, 5) is 20.6. The third-order valence-corrected chi connectivity index (χ3v) is 3.06. The van der Waals surface area contributed by atoms with Gasteiger partial charge in [0.25, 0.3) is 5.56 Å². The molecule has 0 bridgehead atoms. The number of nitrogens with two attached hydrogens (primary N) is 1. The summed E-state index contributed by atoms with van der Waals surface area (Å²) in [5, 5.41) is 0. The SMILES string of the molecule is CCN(CC(C)C(N)=S)c1nc[nH]c(=O)c1OC. The first kappa shape index (κ1) is 14.4. The van der Waals surface area contributed by atoms with Crippen molar-refractivity contribution >= 4 is 23.0 Å². The van der Waals surface area contributed by atoms with Crippen molar-refractivity contribution in [2.24, 2.45) is 11.7 Å². The van der Waals surface area contributed by atoms with Crippen LogP contribution < -0.4 is 20.9 Å². The van der Waals surface area contributed by atoms with Gasteiger partial charge in [0.15, 0.2) is 5.82 Å². The van der Waals surface area contributed by atoms with Crippen LogP contribution in [0.2, 0.25) is 0 Å². The minimum absolute atomic E-state index is 0.0331. The van der Waals surface area contributed by atoms with Crippen molar-refractivity contribution < 1.29 is 4.74 Å². The summed E-state index contributed by atoms with van der Waals surface area (Å²) < 4.78 is 5.09. The Kier molecular flexibility index (Phi) is 5.08. The van der Waals surface area contributed by atoms with E-state index in [-0.39, 0.29) is 17.2 Å². The van der Waals surface area contributed by atoms with Crippen molar-refractivity contribution in [2.45, 2.75) is 13.8 Å². The highest BCUT2D eigenvalue weighted by atomic mass is 32.1. The van der Waals surface area contributed by atoms with Crippen LogP contribution in [-0.2, 0) is 0 Å². The van der Waals surface area contributed by atoms with Crippen molar-refractivity contribution in [1.82, 2.24) is 9.97 Å². The molecule has 0 aliphatic carbocycles. The highest BCUT2D eigenvalue weighted by Crippen LogP contribution is 2.21. The number of aromatic amines is 1. The Balaban J connectivity index is 3.05. The molecule has 1 aromatic heterocycles. The van der Waals surface area contributed by atoms with Crippen LogP contribution in [0, 0.1) is 5.92 Å². The van der Waals surface area contributed by atoms with Crippen LogP contribution in [0.4, 0.5) is 5.82 Å². The van der Waals surface area contributed by atoms with E-state index in [0.29, 0.717) is 23.9 Å². The molecular formula is C11H18N4O2S. The molecule has 0 saturated heterocycles. The van der Waals surface area contributed by atoms with Crippen LogP contribution in [-0.4, -0.2) is 35.2 Å². The summed E-state index contributed by atoms with van der Waals surface area (Å²) >= 11 is 4.95. The number of rotatable bonds is 6. The van der Waals surface area contributed by atoms with E-state index in [1.165, 1.54) is 13.4 Å². The number of aromatic nitrogens is 2. The highest BCUT2D eigenvalue weighted by Gasteiger charge is 2.18. The molecule has 0 fully saturated rings. The minimum atomic E-state index is -0.302. The molecule has 0 spiro atoms. The van der Waals surface area contributed by atoms with Gasteiger partial charge in [0.2, 0.25) is 5.75 Å². The number of nitrogens with zero attached hydrogens (tertiary/aromatic N) is 2. The van der Waals surface area contributed by atoms with Crippen LogP contribution in [0.15, 0.2) is 11.1 Å². The van der Waals surface area contributed by atoms with E-state index in [1.807, 2.05) is 18.7 Å². The molecule has 0 radical (unpaired) electrons. The topological polar surface area (TPSA) is 84.2 Å². The molecule has 6 nitrogen and oxygen atoms in total. The van der Waals surface area contributed by atoms with Gasteiger partial charge < -0.3 is 20.4 Å². The Morgan fingerprint density at radius 2 is 2.39 bits per heavy atom. The normalized spacial score (nSPS) is 11.9. The van der Waals surface area contributed by atoms with Gasteiger partial charge in [-0.15, -0.1) is 0 Å². The zero-order valence-electron chi connectivity index (χ0n) is 10.8. The lowest BCUT2D eigenvalue weighted by molar-refractivity contribution is 0.405. The lowest BCUT2D eigenvalue weighted by Gasteiger charge is -2.25. The third kappa shape index (κ3) is 3.19. The first-order valence-electron chi connectivity index (χ1n) is 5.67. The van der Waals surface area contributed by atoms with Gasteiger partial charge in [0.05, 0.1) is 18.4 Å². The first-order valence-corrected chi connectivity index (χ1v) is 6.08. The number of methoxy groups -OCH3 is 1. The largest absolute Gasteiger partial charge is 0.489 e. The molecule has 1 atom stereocenters. The summed E-state index contributed by atoms with van der Waals surface area (Å²) in [6.45, 7) is 5.18. The summed E-state index contributed by atoms with van der Waals surface area (Å²) in [7, 11) is 1.45. The molecule has 18 heavy (non-hydrogen) atoms. The number of nitrogens with one attached hydrogen (secondary N) is 1. The Bertz CT molecular complexity index is 474. The standard InChI is InChI=1S/C11H18N4O2S/c1-4-15(5-7(2)9(12)18)10-8(17-3)11(16)14-6-13-10/h6-7H,4-5H2,1-3H3,(H2,12,18)(H,13,14,16). The van der Waals surface area contributed by atoms with Crippen LogP contribution in [0.1, 0.15) is 13.8 Å². The van der Waals surface area contributed by atoms with E-state index in [1.54, 1.807) is 0 Å². The number of thiocarbonyl (C=S) groups is 1. The predicted octanol–water partition coefficient (Wildman–Crippen LogP) is 0.527. The summed E-state index contributed by atoms with van der Waals surface area (Å²) in [5.41, 5.74) is 5.30. The van der Waals surface area contributed by atoms with E-state index in [4.69, 9.17) is 22.7 Å². The van der Waals surface area contributed by atoms with Gasteiger partial charge in [-0.1, -0.05) is 19.1 Å². The number of hydrogen-bond donors (Lipinski definition) is 2. The molecule has 1 heterocycles. The van der Waals surface area contributed by atoms with Gasteiger partial charge in [-0.3, -0.25) is 4.79 Å². The van der Waals surface area contributed by atoms with Crippen molar-refractivity contribution in [3.8, 4) is 5.75 Å². The Morgan fingerprint density at radius 1 is 1.72 bits per heavy atom. The van der Waals surface area contributed by atoms with Gasteiger partial charge in [0.1, 0.15) is 0 Å². The molecule has 1 rings (SSSR count). The summed E-state index contributed by atoms with van der Waals surface area (Å²) in [5.74, 6) is 0.743. The quantitative estimate of drug-likeness (QED) is 0.733. The van der Waals surface area contributed by atoms with Crippen LogP contribution in [0.25, 0.3) is 0 Å². The molecule has 0 aromatic carbocycles. The summed E-state index contributed by atoms with van der Waals surface area (Å²) in [6.07, 6.45) is 1.36. The molecule has 7 heteroatoms. The highest BCUT2D eigenvalue weighted by molar-refractivity contribution is 7.80. The molecule has 0 amide bonds. The number of hydrogen-bond acceptors (Lipinski definition) is 5. The zero-order valence-corrected chi connectivity index (χ0v) is 11.6. The third-order valence-electron chi connectivity index (χ3n) is 2.66. The second kappa shape index (κ2) is 6.34. The van der Waals surface area contributed by atoms with Crippen molar-refractivity contribution in [1.29, 1.82) is 0 Å². The number of anilines is 1. The van der Waals surface area contributed by atoms with E-state index >= 15 is 0 Å².